The molecule has 1 saturated heterocycles. The molecule has 4 aromatic rings. The minimum Gasteiger partial charge on any atom is -0.370 e. The van der Waals surface area contributed by atoms with E-state index in [9.17, 15) is 4.79 Å². The summed E-state index contributed by atoms with van der Waals surface area (Å²) in [5.41, 5.74) is 6.43. The summed E-state index contributed by atoms with van der Waals surface area (Å²) >= 11 is 2.28. The Morgan fingerprint density at radius 2 is 1.94 bits per heavy atom. The highest BCUT2D eigenvalue weighted by Crippen LogP contribution is 2.35. The van der Waals surface area contributed by atoms with E-state index in [0.29, 0.717) is 6.54 Å². The van der Waals surface area contributed by atoms with Gasteiger partial charge >= 0.3 is 0 Å². The number of aryl methyl sites for hydroxylation is 1. The van der Waals surface area contributed by atoms with Crippen molar-refractivity contribution in [3.63, 3.8) is 0 Å². The molecule has 0 aliphatic carbocycles. The van der Waals surface area contributed by atoms with E-state index in [-0.39, 0.29) is 5.56 Å². The first-order valence-corrected chi connectivity index (χ1v) is 14.3. The molecule has 164 valence electrons. The highest BCUT2D eigenvalue weighted by molar-refractivity contribution is 14.2. The lowest BCUT2D eigenvalue weighted by molar-refractivity contribution is 0.577. The molecule has 0 amide bonds. The Balaban J connectivity index is 1.53. The number of rotatable bonds is 5. The Labute approximate surface area is 204 Å². The Morgan fingerprint density at radius 1 is 1.09 bits per heavy atom. The first-order valence-electron chi connectivity index (χ1n) is 10.9. The van der Waals surface area contributed by atoms with Gasteiger partial charge in [0.05, 0.1) is 18.4 Å². The van der Waals surface area contributed by atoms with Gasteiger partial charge in [0.25, 0.3) is 5.56 Å². The van der Waals surface area contributed by atoms with Crippen LogP contribution in [-0.4, -0.2) is 26.6 Å². The molecule has 1 fully saturated rings. The zero-order chi connectivity index (χ0) is 22.1. The molecular formula is C25H25IN4OS. The van der Waals surface area contributed by atoms with Crippen molar-refractivity contribution in [2.24, 2.45) is 0 Å². The van der Waals surface area contributed by atoms with Crippen molar-refractivity contribution in [3.05, 3.63) is 82.5 Å². The van der Waals surface area contributed by atoms with E-state index in [1.165, 1.54) is 30.5 Å². The second-order valence-corrected chi connectivity index (χ2v) is 10.1. The average molecular weight is 556 g/mol. The molecule has 32 heavy (non-hydrogen) atoms. The van der Waals surface area contributed by atoms with Crippen LogP contribution in [0.3, 0.4) is 0 Å². The van der Waals surface area contributed by atoms with Crippen LogP contribution in [-0.2, 0) is 6.54 Å². The van der Waals surface area contributed by atoms with Gasteiger partial charge in [-0.1, -0.05) is 29.8 Å². The van der Waals surface area contributed by atoms with Gasteiger partial charge in [-0.25, -0.2) is 4.98 Å². The maximum Gasteiger partial charge on any atom is 0.251 e. The van der Waals surface area contributed by atoms with Crippen molar-refractivity contribution in [1.29, 1.82) is 0 Å². The largest absolute Gasteiger partial charge is 0.370 e. The number of benzene rings is 1. The predicted octanol–water partition coefficient (Wildman–Crippen LogP) is 6.06. The fourth-order valence-electron chi connectivity index (χ4n) is 4.49. The fraction of sp³-hybridized carbons (Fsp3) is 0.280. The highest BCUT2D eigenvalue weighted by Gasteiger charge is 2.17. The third-order valence-corrected chi connectivity index (χ3v) is 7.84. The minimum atomic E-state index is 0.00665. The molecule has 1 aliphatic heterocycles. The van der Waals surface area contributed by atoms with Crippen molar-refractivity contribution >= 4 is 47.0 Å². The highest BCUT2D eigenvalue weighted by atomic mass is 127. The van der Waals surface area contributed by atoms with Gasteiger partial charge in [-0.3, -0.25) is 8.77 Å². The predicted molar refractivity (Wildman–Crippen MR) is 143 cm³/mol. The van der Waals surface area contributed by atoms with Crippen LogP contribution in [0.5, 0.6) is 0 Å². The summed E-state index contributed by atoms with van der Waals surface area (Å²) in [7, 11) is 1.59. The van der Waals surface area contributed by atoms with Gasteiger partial charge in [-0.05, 0) is 49.4 Å². The first kappa shape index (κ1) is 21.6. The summed E-state index contributed by atoms with van der Waals surface area (Å²) in [6.45, 7) is 4.81. The molecule has 1 aromatic carbocycles. The van der Waals surface area contributed by atoms with Gasteiger partial charge in [0.2, 0.25) is 0 Å². The average Bonchev–Trinajstić information content (AvgIpc) is 3.19. The molecule has 5 rings (SSSR count). The van der Waals surface area contributed by atoms with E-state index in [0.717, 1.165) is 40.8 Å². The molecule has 7 heteroatoms. The number of pyridine rings is 2. The fourth-order valence-corrected chi connectivity index (χ4v) is 5.75. The molecule has 0 bridgehead atoms. The zero-order valence-electron chi connectivity index (χ0n) is 18.0. The zero-order valence-corrected chi connectivity index (χ0v) is 21.0. The Morgan fingerprint density at radius 3 is 2.69 bits per heavy atom. The number of hydrogen-bond donors (Lipinski definition) is 0. The van der Waals surface area contributed by atoms with Crippen molar-refractivity contribution in [1.82, 2.24) is 13.5 Å². The van der Waals surface area contributed by atoms with Gasteiger partial charge in [-0.2, -0.15) is 0 Å². The van der Waals surface area contributed by atoms with Gasteiger partial charge in [0.15, 0.2) is 5.65 Å². The molecule has 3 aromatic heterocycles. The Bertz CT molecular complexity index is 1320. The van der Waals surface area contributed by atoms with Gasteiger partial charge < -0.3 is 9.47 Å². The van der Waals surface area contributed by atoms with E-state index >= 15 is 0 Å². The molecule has 1 aliphatic rings. The van der Waals surface area contributed by atoms with Gasteiger partial charge in [0.1, 0.15) is 0 Å². The van der Waals surface area contributed by atoms with E-state index in [2.05, 4.69) is 67.5 Å². The number of hydrogen-bond acceptors (Lipinski definition) is 4. The quantitative estimate of drug-likeness (QED) is 0.281. The van der Waals surface area contributed by atoms with Gasteiger partial charge in [-0.15, -0.1) is 0 Å². The maximum absolute atomic E-state index is 13.0. The number of nitrogens with zero attached hydrogens (tertiary/aromatic N) is 4. The van der Waals surface area contributed by atoms with Crippen molar-refractivity contribution in [2.75, 3.05) is 18.0 Å². The smallest absolute Gasteiger partial charge is 0.251 e. The van der Waals surface area contributed by atoms with Crippen molar-refractivity contribution in [2.45, 2.75) is 32.7 Å². The summed E-state index contributed by atoms with van der Waals surface area (Å²) in [6, 6.07) is 14.3. The van der Waals surface area contributed by atoms with Gasteiger partial charge in [0, 0.05) is 72.8 Å². The lowest BCUT2D eigenvalue weighted by Crippen LogP contribution is -2.29. The maximum atomic E-state index is 13.0. The summed E-state index contributed by atoms with van der Waals surface area (Å²) < 4.78 is 3.84. The lowest BCUT2D eigenvalue weighted by Gasteiger charge is -2.28. The lowest BCUT2D eigenvalue weighted by atomic mass is 10.1. The molecule has 0 spiro atoms. The van der Waals surface area contributed by atoms with Crippen LogP contribution in [0.1, 0.15) is 30.4 Å². The summed E-state index contributed by atoms with van der Waals surface area (Å²) in [5.74, 6) is 0. The van der Waals surface area contributed by atoms with Crippen LogP contribution >= 0.6 is 30.3 Å². The Hall–Kier alpha value is -2.26. The van der Waals surface area contributed by atoms with E-state index in [1.54, 1.807) is 19.8 Å². The van der Waals surface area contributed by atoms with Crippen LogP contribution in [0.25, 0.3) is 22.2 Å². The summed E-state index contributed by atoms with van der Waals surface area (Å²) in [5, 5.41) is 1.09. The molecule has 5 nitrogen and oxygen atoms in total. The number of anilines is 1. The normalized spacial score (nSPS) is 14.2. The standard InChI is InChI=1S/C25H25IN4OS/c1-18-6-5-7-19(12-18)16-29-11-8-20(13-24(29)31)23-17-30(32-26)25-22(23)14-21(15-27-25)28-9-3-2-4-10-28/h5-8,11-15,17H,2-4,9-10,16H2,1H3. The van der Waals surface area contributed by atoms with Crippen LogP contribution in [0.15, 0.2) is 65.8 Å². The number of aromatic nitrogens is 3. The molecule has 0 saturated carbocycles. The molecular weight excluding hydrogens is 531 g/mol. The number of fused-ring (bicyclic) bond motifs is 1. The third kappa shape index (κ3) is 4.32. The monoisotopic (exact) mass is 556 g/mol. The second kappa shape index (κ2) is 9.31. The Kier molecular flexibility index (Phi) is 6.28. The van der Waals surface area contributed by atoms with Crippen molar-refractivity contribution < 1.29 is 0 Å². The van der Waals surface area contributed by atoms with E-state index in [4.69, 9.17) is 4.98 Å². The SMILES string of the molecule is Cc1cccc(Cn2ccc(-c3cn(SI)c4ncc(N5CCCCC5)cc34)cc2=O)c1. The second-order valence-electron chi connectivity index (χ2n) is 8.42. The number of piperidine rings is 1. The van der Waals surface area contributed by atoms with Crippen molar-refractivity contribution in [3.8, 4) is 11.1 Å². The molecule has 0 unspecified atom stereocenters. The minimum absolute atomic E-state index is 0.00665. The topological polar surface area (TPSA) is 43.1 Å². The molecule has 0 N–H and O–H groups in total. The first-order chi connectivity index (χ1) is 15.6. The van der Waals surface area contributed by atoms with Crippen LogP contribution in [0, 0.1) is 6.92 Å². The third-order valence-electron chi connectivity index (χ3n) is 6.14. The van der Waals surface area contributed by atoms with Crippen LogP contribution < -0.4 is 10.5 Å². The van der Waals surface area contributed by atoms with E-state index in [1.807, 2.05) is 24.5 Å². The molecule has 0 radical (unpaired) electrons. The summed E-state index contributed by atoms with van der Waals surface area (Å²) in [6.07, 6.45) is 9.75. The van der Waals surface area contributed by atoms with Crippen LogP contribution in [0.2, 0.25) is 0 Å². The number of halogens is 1. The molecule has 0 atom stereocenters. The van der Waals surface area contributed by atoms with Crippen LogP contribution in [0.4, 0.5) is 5.69 Å². The summed E-state index contributed by atoms with van der Waals surface area (Å²) in [4.78, 5) is 20.2. The van der Waals surface area contributed by atoms with E-state index < -0.39 is 0 Å². The molecule has 4 heterocycles.